The van der Waals surface area contributed by atoms with Crippen molar-refractivity contribution >= 4 is 19.8 Å². The summed E-state index contributed by atoms with van der Waals surface area (Å²) in [5, 5.41) is 0. The molecule has 0 amide bonds. The second-order valence-electron chi connectivity index (χ2n) is 13.1. The molecule has 48 heavy (non-hydrogen) atoms. The van der Waals surface area contributed by atoms with Crippen molar-refractivity contribution in [2.75, 3.05) is 0 Å². The van der Waals surface area contributed by atoms with Gasteiger partial charge in [-0.2, -0.15) is 17.6 Å². The van der Waals surface area contributed by atoms with E-state index in [2.05, 4.69) is 4.52 Å². The summed E-state index contributed by atoms with van der Waals surface area (Å²) in [7, 11) is -4.55. The fourth-order valence-corrected chi connectivity index (χ4v) is 7.83. The lowest BCUT2D eigenvalue weighted by Gasteiger charge is -2.41. The van der Waals surface area contributed by atoms with Crippen LogP contribution in [0.15, 0.2) is 70.8 Å². The van der Waals surface area contributed by atoms with Gasteiger partial charge in [-0.15, -0.1) is 0 Å². The number of benzene rings is 2. The molecule has 0 aromatic heterocycles. The number of halogens is 4. The number of ketones is 2. The van der Waals surface area contributed by atoms with Gasteiger partial charge in [-0.05, 0) is 78.1 Å². The first-order valence-electron chi connectivity index (χ1n) is 17.1. The third-order valence-electron chi connectivity index (χ3n) is 9.89. The Bertz CT molecular complexity index is 1520. The number of hydrogen-bond acceptors (Lipinski definition) is 5. The number of hydrogen-bond donors (Lipinski definition) is 0. The van der Waals surface area contributed by atoms with Crippen LogP contribution >= 0.6 is 8.25 Å². The summed E-state index contributed by atoms with van der Waals surface area (Å²) in [6.07, 6.45) is -3.82. The van der Waals surface area contributed by atoms with Crippen LogP contribution in [0.1, 0.15) is 129 Å². The number of allylic oxidation sites excluding steroid dienone is 2. The van der Waals surface area contributed by atoms with Gasteiger partial charge in [0, 0.05) is 22.3 Å². The van der Waals surface area contributed by atoms with E-state index < -0.39 is 43.9 Å². The van der Waals surface area contributed by atoms with Crippen molar-refractivity contribution in [2.24, 2.45) is 5.41 Å². The molecule has 262 valence electrons. The summed E-state index contributed by atoms with van der Waals surface area (Å²) in [4.78, 5) is 27.5. The average molecular weight is 691 g/mol. The summed E-state index contributed by atoms with van der Waals surface area (Å²) in [5.74, 6) is -1.18. The first-order valence-corrected chi connectivity index (χ1v) is 18.3. The van der Waals surface area contributed by atoms with Crippen molar-refractivity contribution in [1.82, 2.24) is 0 Å². The molecular formula is C38H47F4O5P. The smallest absolute Gasteiger partial charge is 0.289 e. The fourth-order valence-electron chi connectivity index (χ4n) is 7.07. The predicted molar refractivity (Wildman–Crippen MR) is 180 cm³/mol. The van der Waals surface area contributed by atoms with Crippen LogP contribution in [0.25, 0.3) is 0 Å². The topological polar surface area (TPSA) is 69.7 Å². The van der Waals surface area contributed by atoms with Gasteiger partial charge in [0.25, 0.3) is 0 Å². The van der Waals surface area contributed by atoms with Crippen molar-refractivity contribution in [2.45, 2.75) is 123 Å². The fraction of sp³-hybridized carbons (Fsp3) is 0.526. The standard InChI is InChI=1S/C38H47F4O5P/c1-5-36(6-2,33(29-15-11-8-12-16-29)35(44)31-23-19-27(4)20-24-31)38(41,42)47-48(45)46-37(39,40)25-32(28-13-9-7-10-14-28)34(43)30-21-17-26(3)18-22-30/h17-24,48H,5-16,25H2,1-4H3. The maximum Gasteiger partial charge on any atom is 0.372 e. The number of Topliss-reactive ketones (excluding diaryl/α,β-unsaturated/α-hetero) is 2. The molecule has 10 heteroatoms. The van der Waals surface area contributed by atoms with Crippen molar-refractivity contribution in [3.05, 3.63) is 93.1 Å². The molecule has 2 fully saturated rings. The molecule has 2 aromatic carbocycles. The lowest BCUT2D eigenvalue weighted by molar-refractivity contribution is -0.259. The Morgan fingerprint density at radius 2 is 1.10 bits per heavy atom. The van der Waals surface area contributed by atoms with E-state index in [0.29, 0.717) is 36.8 Å². The minimum Gasteiger partial charge on any atom is -0.289 e. The van der Waals surface area contributed by atoms with Crippen molar-refractivity contribution < 1.29 is 40.8 Å². The lowest BCUT2D eigenvalue weighted by Crippen LogP contribution is -2.46. The van der Waals surface area contributed by atoms with E-state index in [9.17, 15) is 14.2 Å². The van der Waals surface area contributed by atoms with E-state index in [1.807, 2.05) is 13.8 Å². The Hall–Kier alpha value is -2.87. The van der Waals surface area contributed by atoms with Crippen molar-refractivity contribution in [3.63, 3.8) is 0 Å². The first-order chi connectivity index (χ1) is 22.7. The second-order valence-corrected chi connectivity index (χ2v) is 14.1. The van der Waals surface area contributed by atoms with Gasteiger partial charge in [0.15, 0.2) is 11.6 Å². The molecule has 0 saturated heterocycles. The minimum absolute atomic E-state index is 0.101. The van der Waals surface area contributed by atoms with E-state index >= 15 is 17.6 Å². The molecule has 2 saturated carbocycles. The highest BCUT2D eigenvalue weighted by atomic mass is 31.1. The normalized spacial score (nSPS) is 16.8. The largest absolute Gasteiger partial charge is 0.372 e. The molecule has 0 aliphatic heterocycles. The van der Waals surface area contributed by atoms with Crippen LogP contribution < -0.4 is 0 Å². The molecule has 4 rings (SSSR count). The Balaban J connectivity index is 1.63. The number of rotatable bonds is 14. The Kier molecular flexibility index (Phi) is 12.8. The third kappa shape index (κ3) is 8.83. The molecule has 2 aromatic rings. The SMILES string of the molecule is CCC(CC)(C(C(=O)c1ccc(C)cc1)=C1CCCCC1)C(F)(F)O[PH](=O)OC(F)(F)CC(C(=O)c1ccc(C)cc1)=C1CCCCC1. The summed E-state index contributed by atoms with van der Waals surface area (Å²) in [6.45, 7) is 6.65. The van der Waals surface area contributed by atoms with Gasteiger partial charge in [-0.25, -0.2) is 9.05 Å². The van der Waals surface area contributed by atoms with Gasteiger partial charge in [0.05, 0.1) is 11.8 Å². The van der Waals surface area contributed by atoms with E-state index in [-0.39, 0.29) is 35.1 Å². The molecular weight excluding hydrogens is 643 g/mol. The average Bonchev–Trinajstić information content (AvgIpc) is 3.06. The summed E-state index contributed by atoms with van der Waals surface area (Å²) in [6, 6.07) is 13.1. The number of carbonyl (C=O) groups excluding carboxylic acids is 2. The Morgan fingerprint density at radius 1 is 0.667 bits per heavy atom. The molecule has 5 nitrogen and oxygen atoms in total. The van der Waals surface area contributed by atoms with Gasteiger partial charge in [-0.3, -0.25) is 14.2 Å². The second kappa shape index (κ2) is 16.2. The monoisotopic (exact) mass is 690 g/mol. The van der Waals surface area contributed by atoms with Crippen LogP contribution in [0.2, 0.25) is 0 Å². The maximum atomic E-state index is 16.5. The molecule has 0 N–H and O–H groups in total. The van der Waals surface area contributed by atoms with Gasteiger partial charge in [0.2, 0.25) is 0 Å². The highest BCUT2D eigenvalue weighted by Gasteiger charge is 2.59. The van der Waals surface area contributed by atoms with Gasteiger partial charge in [0.1, 0.15) is 0 Å². The number of alkyl halides is 4. The molecule has 2 aliphatic rings. The highest BCUT2D eigenvalue weighted by Crippen LogP contribution is 2.56. The Morgan fingerprint density at radius 3 is 1.56 bits per heavy atom. The zero-order valence-corrected chi connectivity index (χ0v) is 29.4. The van der Waals surface area contributed by atoms with E-state index in [0.717, 1.165) is 49.7 Å². The summed E-state index contributed by atoms with van der Waals surface area (Å²) < 4.78 is 86.2. The van der Waals surface area contributed by atoms with Crippen LogP contribution in [-0.2, 0) is 13.6 Å². The Labute approximate surface area is 282 Å². The summed E-state index contributed by atoms with van der Waals surface area (Å²) in [5.41, 5.74) is 0.872. The molecule has 2 aliphatic carbocycles. The van der Waals surface area contributed by atoms with Gasteiger partial charge in [-0.1, -0.05) is 97.5 Å². The number of carbonyl (C=O) groups is 2. The van der Waals surface area contributed by atoms with Crippen LogP contribution in [0.3, 0.4) is 0 Å². The molecule has 1 unspecified atom stereocenters. The van der Waals surface area contributed by atoms with E-state index in [1.165, 1.54) is 13.8 Å². The van der Waals surface area contributed by atoms with Crippen LogP contribution in [0, 0.1) is 19.3 Å². The van der Waals surface area contributed by atoms with Gasteiger partial charge >= 0.3 is 20.5 Å². The first kappa shape index (κ1) is 37.9. The third-order valence-corrected chi connectivity index (χ3v) is 10.8. The van der Waals surface area contributed by atoms with Crippen LogP contribution in [0.5, 0.6) is 0 Å². The van der Waals surface area contributed by atoms with Gasteiger partial charge < -0.3 is 0 Å². The minimum atomic E-state index is -4.55. The highest BCUT2D eigenvalue weighted by molar-refractivity contribution is 7.33. The molecule has 0 radical (unpaired) electrons. The predicted octanol–water partition coefficient (Wildman–Crippen LogP) is 11.7. The zero-order chi connectivity index (χ0) is 35.1. The molecule has 0 heterocycles. The van der Waals surface area contributed by atoms with E-state index in [1.54, 1.807) is 48.5 Å². The lowest BCUT2D eigenvalue weighted by atomic mass is 9.68. The quantitative estimate of drug-likeness (QED) is 0.0854. The number of aryl methyl sites for hydroxylation is 2. The molecule has 0 bridgehead atoms. The molecule has 1 atom stereocenters. The van der Waals surface area contributed by atoms with Crippen molar-refractivity contribution in [3.8, 4) is 0 Å². The van der Waals surface area contributed by atoms with Crippen molar-refractivity contribution in [1.29, 1.82) is 0 Å². The van der Waals surface area contributed by atoms with E-state index in [4.69, 9.17) is 4.52 Å². The maximum absolute atomic E-state index is 16.5. The molecule has 0 spiro atoms. The summed E-state index contributed by atoms with van der Waals surface area (Å²) >= 11 is 0. The zero-order valence-electron chi connectivity index (χ0n) is 28.4. The van der Waals surface area contributed by atoms with Crippen LogP contribution in [0.4, 0.5) is 17.6 Å². The van der Waals surface area contributed by atoms with Crippen LogP contribution in [-0.4, -0.2) is 23.8 Å².